The number of hydroxylamine groups is 2. The van der Waals surface area contributed by atoms with Crippen LogP contribution in [0.5, 0.6) is 0 Å². The fourth-order valence-electron chi connectivity index (χ4n) is 3.95. The Morgan fingerprint density at radius 3 is 2.37 bits per heavy atom. The summed E-state index contributed by atoms with van der Waals surface area (Å²) in [7, 11) is 7.51. The second-order valence-electron chi connectivity index (χ2n) is 6.82. The summed E-state index contributed by atoms with van der Waals surface area (Å²) in [6.45, 7) is 4.89. The highest BCUT2D eigenvalue weighted by Gasteiger charge is 2.50. The molecule has 1 spiro atoms. The molecule has 1 aromatic carbocycles. The Bertz CT molecular complexity index is 795. The predicted octanol–water partition coefficient (Wildman–Crippen LogP) is 1.33. The number of ether oxygens (including phenoxy) is 1. The van der Waals surface area contributed by atoms with Crippen molar-refractivity contribution in [1.29, 1.82) is 0 Å². The normalized spacial score (nSPS) is 19.3. The van der Waals surface area contributed by atoms with Crippen LogP contribution in [-0.4, -0.2) is 50.7 Å². The van der Waals surface area contributed by atoms with E-state index in [0.717, 1.165) is 11.1 Å². The van der Waals surface area contributed by atoms with Crippen LogP contribution >= 0.6 is 12.9 Å². The van der Waals surface area contributed by atoms with Crippen molar-refractivity contribution in [2.45, 2.75) is 32.2 Å². The molecule has 0 atom stereocenters. The first-order valence-corrected chi connectivity index (χ1v) is 8.94. The van der Waals surface area contributed by atoms with Crippen molar-refractivity contribution >= 4 is 43.9 Å². The van der Waals surface area contributed by atoms with Crippen molar-refractivity contribution < 1.29 is 23.3 Å². The van der Waals surface area contributed by atoms with Gasteiger partial charge in [-0.3, -0.25) is 4.79 Å². The van der Waals surface area contributed by atoms with Gasteiger partial charge in [0, 0.05) is 26.0 Å². The lowest BCUT2D eigenvalue weighted by atomic mass is 9.83. The van der Waals surface area contributed by atoms with E-state index in [2.05, 4.69) is 22.4 Å². The molecule has 0 saturated carbocycles. The van der Waals surface area contributed by atoms with Crippen molar-refractivity contribution in [2.24, 2.45) is 0 Å². The van der Waals surface area contributed by atoms with Gasteiger partial charge in [-0.05, 0) is 43.4 Å². The Morgan fingerprint density at radius 1 is 1.26 bits per heavy atom. The molecule has 0 bridgehead atoms. The number of carbonyl (C=O) groups excluding carboxylic acids is 2. The van der Waals surface area contributed by atoms with Gasteiger partial charge in [0.15, 0.2) is 5.76 Å². The number of hydrogen-bond acceptors (Lipinski definition) is 7. The zero-order valence-corrected chi connectivity index (χ0v) is 16.4. The monoisotopic (exact) mass is 388 g/mol. The van der Waals surface area contributed by atoms with Gasteiger partial charge in [-0.2, -0.15) is 5.06 Å². The van der Waals surface area contributed by atoms with E-state index in [-0.39, 0.29) is 11.7 Å². The van der Waals surface area contributed by atoms with Crippen molar-refractivity contribution in [2.75, 3.05) is 20.2 Å². The summed E-state index contributed by atoms with van der Waals surface area (Å²) in [5.74, 6) is -0.0305. The first-order chi connectivity index (χ1) is 12.8. The lowest BCUT2D eigenvalue weighted by Gasteiger charge is -2.38. The molecule has 2 aliphatic heterocycles. The van der Waals surface area contributed by atoms with E-state index < -0.39 is 11.7 Å². The molecule has 1 N–H and O–H groups in total. The maximum absolute atomic E-state index is 13.0. The van der Waals surface area contributed by atoms with E-state index in [1.165, 1.54) is 0 Å². The summed E-state index contributed by atoms with van der Waals surface area (Å²) in [4.78, 5) is 30.1. The molecule has 1 aromatic rings. The SMILES string of the molecule is [B]c1cc(C)c(C2=C(OC(=O)OS)C3(CCN(OC)CC3)NC2=O)c(C)c1. The van der Waals surface area contributed by atoms with E-state index in [1.54, 1.807) is 24.3 Å². The molecule has 27 heavy (non-hydrogen) atoms. The van der Waals surface area contributed by atoms with Gasteiger partial charge in [0.25, 0.3) is 5.91 Å². The van der Waals surface area contributed by atoms with E-state index in [0.29, 0.717) is 42.5 Å². The van der Waals surface area contributed by atoms with Crippen LogP contribution in [0.4, 0.5) is 4.79 Å². The number of hydrogen-bond donors (Lipinski definition) is 2. The van der Waals surface area contributed by atoms with Crippen molar-refractivity contribution in [3.05, 3.63) is 34.6 Å². The number of nitrogens with one attached hydrogen (secondary N) is 1. The van der Waals surface area contributed by atoms with Gasteiger partial charge in [0.05, 0.1) is 12.7 Å². The maximum atomic E-state index is 13.0. The van der Waals surface area contributed by atoms with E-state index in [4.69, 9.17) is 17.4 Å². The fraction of sp³-hybridized carbons (Fsp3) is 0.444. The molecule has 2 aliphatic rings. The molecule has 9 heteroatoms. The highest BCUT2D eigenvalue weighted by Crippen LogP contribution is 2.42. The Balaban J connectivity index is 2.14. The standard InChI is InChI=1S/C18H21BN2O5S/c1-10-8-12(19)9-11(2)13(10)14-15(25-17(23)26-27)18(20-16(14)22)4-6-21(24-3)7-5-18/h8-9,27H,4-7H2,1-3H3,(H,20,22). The highest BCUT2D eigenvalue weighted by atomic mass is 32.1. The second-order valence-corrected chi connectivity index (χ2v) is 7.01. The fourth-order valence-corrected chi connectivity index (χ4v) is 3.99. The van der Waals surface area contributed by atoms with Gasteiger partial charge < -0.3 is 19.1 Å². The van der Waals surface area contributed by atoms with Crippen LogP contribution in [0.15, 0.2) is 17.9 Å². The first-order valence-electron chi connectivity index (χ1n) is 8.58. The first kappa shape index (κ1) is 19.8. The Labute approximate surface area is 165 Å². The largest absolute Gasteiger partial charge is 0.525 e. The molecule has 3 rings (SSSR count). The van der Waals surface area contributed by atoms with Gasteiger partial charge in [0.1, 0.15) is 13.4 Å². The van der Waals surface area contributed by atoms with Gasteiger partial charge in [0.2, 0.25) is 0 Å². The molecular formula is C18H21BN2O5S. The van der Waals surface area contributed by atoms with Crippen LogP contribution in [-0.2, 0) is 18.6 Å². The van der Waals surface area contributed by atoms with Crippen LogP contribution in [0.2, 0.25) is 0 Å². The van der Waals surface area contributed by atoms with Gasteiger partial charge in [-0.1, -0.05) is 17.6 Å². The molecule has 1 amide bonds. The smallest absolute Gasteiger partial charge is 0.395 e. The average molecular weight is 388 g/mol. The summed E-state index contributed by atoms with van der Waals surface area (Å²) in [6, 6.07) is 3.57. The Kier molecular flexibility index (Phi) is 5.55. The zero-order chi connectivity index (χ0) is 19.8. The molecule has 2 radical (unpaired) electrons. The minimum atomic E-state index is -0.985. The minimum absolute atomic E-state index is 0.262. The van der Waals surface area contributed by atoms with Crippen LogP contribution in [0, 0.1) is 13.8 Å². The molecule has 1 fully saturated rings. The number of piperidine rings is 1. The summed E-state index contributed by atoms with van der Waals surface area (Å²) in [5.41, 5.74) is 2.48. The molecule has 7 nitrogen and oxygen atoms in total. The summed E-state index contributed by atoms with van der Waals surface area (Å²) in [6.07, 6.45) is 0.0676. The molecule has 0 aromatic heterocycles. The maximum Gasteiger partial charge on any atom is 0.525 e. The van der Waals surface area contributed by atoms with Crippen LogP contribution in [0.1, 0.15) is 29.5 Å². The van der Waals surface area contributed by atoms with Crippen LogP contribution in [0.3, 0.4) is 0 Å². The molecule has 142 valence electrons. The van der Waals surface area contributed by atoms with Crippen molar-refractivity contribution in [3.8, 4) is 0 Å². The number of rotatable bonds is 3. The van der Waals surface area contributed by atoms with Crippen molar-refractivity contribution in [1.82, 2.24) is 10.4 Å². The molecule has 0 aliphatic carbocycles. The second kappa shape index (κ2) is 7.57. The van der Waals surface area contributed by atoms with Crippen LogP contribution < -0.4 is 10.8 Å². The van der Waals surface area contributed by atoms with Gasteiger partial charge >= 0.3 is 6.16 Å². The highest BCUT2D eigenvalue weighted by molar-refractivity contribution is 7.75. The lowest BCUT2D eigenvalue weighted by molar-refractivity contribution is -0.152. The van der Waals surface area contributed by atoms with Gasteiger partial charge in [-0.15, -0.1) is 0 Å². The number of benzene rings is 1. The number of amides is 1. The third kappa shape index (κ3) is 3.59. The summed E-state index contributed by atoms with van der Waals surface area (Å²) >= 11 is 3.52. The van der Waals surface area contributed by atoms with Gasteiger partial charge in [-0.25, -0.2) is 4.79 Å². The number of thiol groups is 1. The minimum Gasteiger partial charge on any atom is -0.395 e. The van der Waals surface area contributed by atoms with E-state index in [1.807, 2.05) is 13.8 Å². The average Bonchev–Trinajstić information content (AvgIpc) is 2.87. The quantitative estimate of drug-likeness (QED) is 0.352. The lowest BCUT2D eigenvalue weighted by Crippen LogP contribution is -2.53. The molecule has 2 heterocycles. The number of aryl methyl sites for hydroxylation is 2. The topological polar surface area (TPSA) is 77.1 Å². The molecular weight excluding hydrogens is 367 g/mol. The number of nitrogens with zero attached hydrogens (tertiary/aromatic N) is 1. The predicted molar refractivity (Wildman–Crippen MR) is 103 cm³/mol. The molecule has 1 saturated heterocycles. The Morgan fingerprint density at radius 2 is 1.85 bits per heavy atom. The third-order valence-corrected chi connectivity index (χ3v) is 5.29. The zero-order valence-electron chi connectivity index (χ0n) is 15.5. The van der Waals surface area contributed by atoms with E-state index >= 15 is 0 Å². The summed E-state index contributed by atoms with van der Waals surface area (Å²) < 4.78 is 9.86. The Hall–Kier alpha value is -1.97. The van der Waals surface area contributed by atoms with E-state index in [9.17, 15) is 9.59 Å². The van der Waals surface area contributed by atoms with Crippen LogP contribution in [0.25, 0.3) is 5.57 Å². The third-order valence-electron chi connectivity index (χ3n) is 5.14. The van der Waals surface area contributed by atoms with Crippen molar-refractivity contribution in [3.63, 3.8) is 0 Å². The molecule has 0 unspecified atom stereocenters. The number of carbonyl (C=O) groups is 2. The summed E-state index contributed by atoms with van der Waals surface area (Å²) in [5, 5.41) is 4.82.